The number of nitriles is 1. The summed E-state index contributed by atoms with van der Waals surface area (Å²) < 4.78 is 38.7. The fraction of sp³-hybridized carbons (Fsp3) is 0.542. The second-order valence-corrected chi connectivity index (χ2v) is 10.3. The Hall–Kier alpha value is -3.82. The number of likely N-dealkylation sites (tertiary alicyclic amines) is 1. The molecule has 1 saturated carbocycles. The third-order valence-electron chi connectivity index (χ3n) is 7.37. The van der Waals surface area contributed by atoms with Crippen LogP contribution in [0, 0.1) is 34.5 Å². The fourth-order valence-electron chi connectivity index (χ4n) is 5.25. The molecule has 4 rings (SSSR count). The first-order valence-corrected chi connectivity index (χ1v) is 11.7. The van der Waals surface area contributed by atoms with Crippen molar-refractivity contribution in [2.75, 3.05) is 6.54 Å². The normalized spacial score (nSPS) is 23.6. The highest BCUT2D eigenvalue weighted by molar-refractivity contribution is 5.95. The molecule has 1 aliphatic carbocycles. The summed E-state index contributed by atoms with van der Waals surface area (Å²) in [5.74, 6) is -4.64. The number of piperidine rings is 1. The van der Waals surface area contributed by atoms with Crippen molar-refractivity contribution in [1.82, 2.24) is 30.7 Å². The SMILES string of the molecule is CC(C)[C@H](NC(=O)C(F)(F)F)C(=O)N1C[C@H]2[C@@H]([C@H]1C(=O)N[C@H](C#N)c1nncc3cccnc13)C2(C)C. The zero-order valence-electron chi connectivity index (χ0n) is 20.6. The van der Waals surface area contributed by atoms with Gasteiger partial charge in [0.1, 0.15) is 17.8 Å². The van der Waals surface area contributed by atoms with Crippen molar-refractivity contribution in [3.05, 3.63) is 30.2 Å². The number of alkyl halides is 3. The Morgan fingerprint density at radius 1 is 1.24 bits per heavy atom. The maximum absolute atomic E-state index is 13.5. The van der Waals surface area contributed by atoms with E-state index >= 15 is 0 Å². The molecule has 2 aliphatic rings. The Morgan fingerprint density at radius 3 is 2.57 bits per heavy atom. The third kappa shape index (κ3) is 4.68. The number of fused-ring (bicyclic) bond motifs is 2. The van der Waals surface area contributed by atoms with Crippen LogP contribution in [0.4, 0.5) is 13.2 Å². The van der Waals surface area contributed by atoms with E-state index in [4.69, 9.17) is 0 Å². The molecule has 0 aromatic carbocycles. The molecule has 2 aromatic rings. The van der Waals surface area contributed by atoms with E-state index in [0.29, 0.717) is 10.9 Å². The average molecular weight is 518 g/mol. The van der Waals surface area contributed by atoms with Crippen LogP contribution in [-0.2, 0) is 14.4 Å². The average Bonchev–Trinajstić information content (AvgIpc) is 3.17. The number of carbonyl (C=O) groups is 3. The van der Waals surface area contributed by atoms with Gasteiger partial charge in [0.15, 0.2) is 6.04 Å². The van der Waals surface area contributed by atoms with Crippen molar-refractivity contribution in [3.63, 3.8) is 0 Å². The quantitative estimate of drug-likeness (QED) is 0.596. The van der Waals surface area contributed by atoms with Gasteiger partial charge < -0.3 is 15.5 Å². The number of aromatic nitrogens is 3. The summed E-state index contributed by atoms with van der Waals surface area (Å²) in [6, 6.07) is 1.64. The second-order valence-electron chi connectivity index (χ2n) is 10.3. The van der Waals surface area contributed by atoms with Gasteiger partial charge in [0.05, 0.1) is 17.8 Å². The second kappa shape index (κ2) is 9.24. The first kappa shape index (κ1) is 26.2. The molecule has 1 aliphatic heterocycles. The molecule has 0 bridgehead atoms. The summed E-state index contributed by atoms with van der Waals surface area (Å²) in [6.45, 7) is 7.04. The predicted octanol–water partition coefficient (Wildman–Crippen LogP) is 1.89. The van der Waals surface area contributed by atoms with Gasteiger partial charge in [0.2, 0.25) is 11.8 Å². The topological polar surface area (TPSA) is 141 Å². The summed E-state index contributed by atoms with van der Waals surface area (Å²) >= 11 is 0. The standard InChI is InChI=1S/C24H26F3N7O3/c1-11(2)16(32-22(37)24(25,26)27)21(36)34-10-13-15(23(13,3)4)19(34)20(35)31-14(8-28)18-17-12(9-30-33-18)6-5-7-29-17/h5-7,9,11,13-16,19H,10H2,1-4H3,(H,31,35)(H,32,37)/t13-,14+,15-,16-,19-/m0/s1. The van der Waals surface area contributed by atoms with Crippen LogP contribution in [0.2, 0.25) is 0 Å². The lowest BCUT2D eigenvalue weighted by molar-refractivity contribution is -0.175. The van der Waals surface area contributed by atoms with Crippen LogP contribution >= 0.6 is 0 Å². The molecule has 2 N–H and O–H groups in total. The van der Waals surface area contributed by atoms with Gasteiger partial charge in [-0.2, -0.15) is 23.5 Å². The maximum atomic E-state index is 13.5. The number of halogens is 3. The zero-order chi connectivity index (χ0) is 27.3. The van der Waals surface area contributed by atoms with Crippen molar-refractivity contribution in [1.29, 1.82) is 5.26 Å². The first-order valence-electron chi connectivity index (χ1n) is 11.7. The molecule has 196 valence electrons. The highest BCUT2D eigenvalue weighted by atomic mass is 19.4. The minimum Gasteiger partial charge on any atom is -0.336 e. The molecular weight excluding hydrogens is 491 g/mol. The van der Waals surface area contributed by atoms with Gasteiger partial charge in [-0.05, 0) is 35.3 Å². The number of amides is 3. The number of nitrogens with one attached hydrogen (secondary N) is 2. The minimum atomic E-state index is -5.16. The number of rotatable bonds is 6. The van der Waals surface area contributed by atoms with Gasteiger partial charge in [-0.1, -0.05) is 27.7 Å². The van der Waals surface area contributed by atoms with Gasteiger partial charge in [0.25, 0.3) is 0 Å². The van der Waals surface area contributed by atoms with E-state index in [0.717, 1.165) is 0 Å². The number of nitrogens with zero attached hydrogens (tertiary/aromatic N) is 5. The summed E-state index contributed by atoms with van der Waals surface area (Å²) in [6.07, 6.45) is -2.18. The molecule has 5 atom stereocenters. The Balaban J connectivity index is 1.61. The van der Waals surface area contributed by atoms with E-state index in [1.807, 2.05) is 19.9 Å². The van der Waals surface area contributed by atoms with Crippen molar-refractivity contribution >= 4 is 28.6 Å². The van der Waals surface area contributed by atoms with E-state index < -0.39 is 47.9 Å². The fourth-order valence-corrected chi connectivity index (χ4v) is 5.25. The summed E-state index contributed by atoms with van der Waals surface area (Å²) in [7, 11) is 0. The Kier molecular flexibility index (Phi) is 6.56. The molecule has 37 heavy (non-hydrogen) atoms. The smallest absolute Gasteiger partial charge is 0.336 e. The van der Waals surface area contributed by atoms with Crippen molar-refractivity contribution in [2.45, 2.75) is 52.0 Å². The van der Waals surface area contributed by atoms with Crippen LogP contribution < -0.4 is 10.6 Å². The van der Waals surface area contributed by atoms with Crippen LogP contribution in [-0.4, -0.2) is 62.6 Å². The number of carbonyl (C=O) groups excluding carboxylic acids is 3. The molecule has 2 aromatic heterocycles. The molecule has 3 amide bonds. The summed E-state index contributed by atoms with van der Waals surface area (Å²) in [5, 5.41) is 22.7. The van der Waals surface area contributed by atoms with E-state index in [9.17, 15) is 32.8 Å². The third-order valence-corrected chi connectivity index (χ3v) is 7.37. The van der Waals surface area contributed by atoms with Crippen LogP contribution in [0.15, 0.2) is 24.5 Å². The molecule has 0 unspecified atom stereocenters. The van der Waals surface area contributed by atoms with Crippen LogP contribution in [0.1, 0.15) is 39.4 Å². The molecule has 0 spiro atoms. The van der Waals surface area contributed by atoms with Crippen LogP contribution in [0.5, 0.6) is 0 Å². The predicted molar refractivity (Wildman–Crippen MR) is 123 cm³/mol. The van der Waals surface area contributed by atoms with Gasteiger partial charge in [0, 0.05) is 18.1 Å². The van der Waals surface area contributed by atoms with Crippen molar-refractivity contribution in [2.24, 2.45) is 23.2 Å². The van der Waals surface area contributed by atoms with Gasteiger partial charge in [-0.15, -0.1) is 5.10 Å². The molecular formula is C24H26F3N7O3. The Labute approximate surface area is 210 Å². The molecule has 1 saturated heterocycles. The maximum Gasteiger partial charge on any atom is 0.471 e. The number of pyridine rings is 1. The van der Waals surface area contributed by atoms with Gasteiger partial charge in [-0.3, -0.25) is 19.4 Å². The molecule has 3 heterocycles. The summed E-state index contributed by atoms with van der Waals surface area (Å²) in [5.41, 5.74) is 0.224. The van der Waals surface area contributed by atoms with Crippen molar-refractivity contribution in [3.8, 4) is 6.07 Å². The molecule has 0 radical (unpaired) electrons. The van der Waals surface area contributed by atoms with E-state index in [2.05, 4.69) is 20.5 Å². The molecule has 10 nitrogen and oxygen atoms in total. The lowest BCUT2D eigenvalue weighted by Crippen LogP contribution is -2.58. The molecule has 13 heteroatoms. The van der Waals surface area contributed by atoms with Crippen LogP contribution in [0.3, 0.4) is 0 Å². The highest BCUT2D eigenvalue weighted by Gasteiger charge is 2.69. The lowest BCUT2D eigenvalue weighted by Gasteiger charge is -2.34. The van der Waals surface area contributed by atoms with E-state index in [1.54, 1.807) is 17.4 Å². The van der Waals surface area contributed by atoms with E-state index in [-0.39, 0.29) is 29.5 Å². The summed E-state index contributed by atoms with van der Waals surface area (Å²) in [4.78, 5) is 44.0. The van der Waals surface area contributed by atoms with E-state index in [1.165, 1.54) is 31.1 Å². The number of hydrogen-bond donors (Lipinski definition) is 2. The van der Waals surface area contributed by atoms with Crippen molar-refractivity contribution < 1.29 is 27.6 Å². The largest absolute Gasteiger partial charge is 0.471 e. The van der Waals surface area contributed by atoms with Crippen LogP contribution in [0.25, 0.3) is 10.9 Å². The minimum absolute atomic E-state index is 0.0575. The lowest BCUT2D eigenvalue weighted by atomic mass is 9.97. The van der Waals surface area contributed by atoms with Gasteiger partial charge in [-0.25, -0.2) is 0 Å². The monoisotopic (exact) mass is 517 g/mol. The number of hydrogen-bond acceptors (Lipinski definition) is 7. The Morgan fingerprint density at radius 2 is 1.95 bits per heavy atom. The highest BCUT2D eigenvalue weighted by Crippen LogP contribution is 2.65. The zero-order valence-corrected chi connectivity index (χ0v) is 20.6. The first-order chi connectivity index (χ1) is 17.3. The Bertz CT molecular complexity index is 1290. The van der Waals surface area contributed by atoms with Gasteiger partial charge >= 0.3 is 12.1 Å². The molecule has 2 fully saturated rings.